The van der Waals surface area contributed by atoms with Crippen LogP contribution in [0.15, 0.2) is 18.5 Å². The average Bonchev–Trinajstić information content (AvgIpc) is 2.27. The van der Waals surface area contributed by atoms with Crippen LogP contribution in [-0.4, -0.2) is 16.7 Å². The van der Waals surface area contributed by atoms with Crippen LogP contribution in [0.2, 0.25) is 0 Å². The lowest BCUT2D eigenvalue weighted by Gasteiger charge is -2.14. The van der Waals surface area contributed by atoms with Crippen molar-refractivity contribution in [1.29, 1.82) is 0 Å². The van der Waals surface area contributed by atoms with Crippen molar-refractivity contribution in [3.05, 3.63) is 24.0 Å². The zero-order valence-electron chi connectivity index (χ0n) is 9.44. The Morgan fingerprint density at radius 1 is 1.40 bits per heavy atom. The molecular formula is C12H19NO2. The van der Waals surface area contributed by atoms with Crippen LogP contribution in [0.1, 0.15) is 44.8 Å². The molecule has 0 aliphatic rings. The predicted octanol–water partition coefficient (Wildman–Crippen LogP) is 2.70. The molecule has 3 heteroatoms. The number of aliphatic hydroxyl groups is 1. The molecule has 0 spiro atoms. The van der Waals surface area contributed by atoms with E-state index >= 15 is 0 Å². The third-order valence-electron chi connectivity index (χ3n) is 2.19. The van der Waals surface area contributed by atoms with Gasteiger partial charge in [0.05, 0.1) is 12.7 Å². The molecule has 1 aromatic heterocycles. The highest BCUT2D eigenvalue weighted by Crippen LogP contribution is 2.26. The molecule has 0 fully saturated rings. The third-order valence-corrected chi connectivity index (χ3v) is 2.19. The van der Waals surface area contributed by atoms with Crippen LogP contribution < -0.4 is 4.74 Å². The second-order valence-electron chi connectivity index (χ2n) is 3.57. The van der Waals surface area contributed by atoms with Crippen molar-refractivity contribution in [3.63, 3.8) is 0 Å². The number of nitrogens with zero attached hydrogens (tertiary/aromatic N) is 1. The van der Waals surface area contributed by atoms with Crippen molar-refractivity contribution in [1.82, 2.24) is 4.98 Å². The topological polar surface area (TPSA) is 42.4 Å². The Morgan fingerprint density at radius 3 is 2.87 bits per heavy atom. The van der Waals surface area contributed by atoms with Gasteiger partial charge < -0.3 is 9.84 Å². The molecule has 0 bridgehead atoms. The molecule has 15 heavy (non-hydrogen) atoms. The van der Waals surface area contributed by atoms with Gasteiger partial charge in [0.15, 0.2) is 0 Å². The van der Waals surface area contributed by atoms with Gasteiger partial charge in [0.2, 0.25) is 0 Å². The summed E-state index contributed by atoms with van der Waals surface area (Å²) in [4.78, 5) is 4.02. The highest BCUT2D eigenvalue weighted by molar-refractivity contribution is 5.31. The van der Waals surface area contributed by atoms with E-state index in [-0.39, 0.29) is 0 Å². The van der Waals surface area contributed by atoms with E-state index in [1.54, 1.807) is 12.4 Å². The van der Waals surface area contributed by atoms with Crippen LogP contribution in [-0.2, 0) is 0 Å². The summed E-state index contributed by atoms with van der Waals surface area (Å²) >= 11 is 0. The average molecular weight is 209 g/mol. The van der Waals surface area contributed by atoms with Gasteiger partial charge in [-0.1, -0.05) is 20.3 Å². The number of aliphatic hydroxyl groups excluding tert-OH is 1. The first-order chi connectivity index (χ1) is 7.29. The Hall–Kier alpha value is -1.09. The second-order valence-corrected chi connectivity index (χ2v) is 3.57. The molecule has 0 saturated heterocycles. The Morgan fingerprint density at radius 2 is 2.20 bits per heavy atom. The first kappa shape index (κ1) is 12.0. The van der Waals surface area contributed by atoms with Crippen molar-refractivity contribution >= 4 is 0 Å². The maximum absolute atomic E-state index is 9.88. The zero-order chi connectivity index (χ0) is 11.1. The molecule has 0 amide bonds. The number of rotatable bonds is 6. The van der Waals surface area contributed by atoms with E-state index in [1.807, 2.05) is 13.0 Å². The zero-order valence-corrected chi connectivity index (χ0v) is 9.44. The maximum Gasteiger partial charge on any atom is 0.128 e. The lowest BCUT2D eigenvalue weighted by atomic mass is 10.1. The van der Waals surface area contributed by atoms with Crippen molar-refractivity contribution < 1.29 is 9.84 Å². The SMILES string of the molecule is CCCOc1ccncc1C(O)CCC. The molecule has 1 heterocycles. The first-order valence-electron chi connectivity index (χ1n) is 5.54. The van der Waals surface area contributed by atoms with E-state index < -0.39 is 6.10 Å². The van der Waals surface area contributed by atoms with Gasteiger partial charge in [-0.05, 0) is 18.9 Å². The van der Waals surface area contributed by atoms with E-state index in [4.69, 9.17) is 4.74 Å². The maximum atomic E-state index is 9.88. The van der Waals surface area contributed by atoms with Crippen LogP contribution in [0.4, 0.5) is 0 Å². The van der Waals surface area contributed by atoms with E-state index in [9.17, 15) is 5.11 Å². The first-order valence-corrected chi connectivity index (χ1v) is 5.54. The summed E-state index contributed by atoms with van der Waals surface area (Å²) in [7, 11) is 0. The molecule has 3 nitrogen and oxygen atoms in total. The monoisotopic (exact) mass is 209 g/mol. The van der Waals surface area contributed by atoms with Crippen LogP contribution in [0.3, 0.4) is 0 Å². The van der Waals surface area contributed by atoms with Crippen LogP contribution in [0, 0.1) is 0 Å². The summed E-state index contributed by atoms with van der Waals surface area (Å²) < 4.78 is 5.55. The van der Waals surface area contributed by atoms with Gasteiger partial charge in [-0.3, -0.25) is 4.98 Å². The van der Waals surface area contributed by atoms with Crippen LogP contribution in [0.5, 0.6) is 5.75 Å². The molecule has 0 saturated carbocycles. The molecule has 1 rings (SSSR count). The largest absolute Gasteiger partial charge is 0.493 e. The Balaban J connectivity index is 2.75. The fourth-order valence-electron chi connectivity index (χ4n) is 1.42. The minimum atomic E-state index is -0.462. The summed E-state index contributed by atoms with van der Waals surface area (Å²) in [6, 6.07) is 1.81. The molecule has 84 valence electrons. The molecule has 0 aromatic carbocycles. The Kier molecular flexibility index (Phi) is 5.12. The number of hydrogen-bond donors (Lipinski definition) is 1. The molecule has 0 radical (unpaired) electrons. The summed E-state index contributed by atoms with van der Waals surface area (Å²) in [5, 5.41) is 9.88. The minimum Gasteiger partial charge on any atom is -0.493 e. The number of hydrogen-bond acceptors (Lipinski definition) is 3. The summed E-state index contributed by atoms with van der Waals surface area (Å²) in [6.07, 6.45) is 5.57. The van der Waals surface area contributed by atoms with Gasteiger partial charge in [-0.15, -0.1) is 0 Å². The normalized spacial score (nSPS) is 12.5. The highest BCUT2D eigenvalue weighted by Gasteiger charge is 2.12. The summed E-state index contributed by atoms with van der Waals surface area (Å²) in [5.74, 6) is 0.757. The number of aromatic nitrogens is 1. The standard InChI is InChI=1S/C12H19NO2/c1-3-5-11(14)10-9-13-7-6-12(10)15-8-4-2/h6-7,9,11,14H,3-5,8H2,1-2H3. The van der Waals surface area contributed by atoms with Crippen LogP contribution in [0.25, 0.3) is 0 Å². The number of pyridine rings is 1. The smallest absolute Gasteiger partial charge is 0.128 e. The van der Waals surface area contributed by atoms with Crippen LogP contribution >= 0.6 is 0 Å². The predicted molar refractivity (Wildman–Crippen MR) is 59.9 cm³/mol. The van der Waals surface area contributed by atoms with Crippen molar-refractivity contribution in [2.24, 2.45) is 0 Å². The van der Waals surface area contributed by atoms with Gasteiger partial charge >= 0.3 is 0 Å². The van der Waals surface area contributed by atoms with E-state index in [1.165, 1.54) is 0 Å². The highest BCUT2D eigenvalue weighted by atomic mass is 16.5. The second kappa shape index (κ2) is 6.40. The van der Waals surface area contributed by atoms with Gasteiger partial charge in [-0.2, -0.15) is 0 Å². The summed E-state index contributed by atoms with van der Waals surface area (Å²) in [6.45, 7) is 4.78. The fraction of sp³-hybridized carbons (Fsp3) is 0.583. The van der Waals surface area contributed by atoms with Gasteiger partial charge in [0, 0.05) is 18.0 Å². The van der Waals surface area contributed by atoms with E-state index in [0.717, 1.165) is 30.6 Å². The summed E-state index contributed by atoms with van der Waals surface area (Å²) in [5.41, 5.74) is 0.799. The third kappa shape index (κ3) is 3.51. The van der Waals surface area contributed by atoms with E-state index in [0.29, 0.717) is 6.61 Å². The fourth-order valence-corrected chi connectivity index (χ4v) is 1.42. The lowest BCUT2D eigenvalue weighted by Crippen LogP contribution is -2.04. The minimum absolute atomic E-state index is 0.462. The van der Waals surface area contributed by atoms with Crippen molar-refractivity contribution in [3.8, 4) is 5.75 Å². The molecular weight excluding hydrogens is 190 g/mol. The molecule has 1 aromatic rings. The molecule has 0 aliphatic carbocycles. The number of ether oxygens (including phenoxy) is 1. The lowest BCUT2D eigenvalue weighted by molar-refractivity contribution is 0.160. The van der Waals surface area contributed by atoms with Crippen molar-refractivity contribution in [2.75, 3.05) is 6.61 Å². The van der Waals surface area contributed by atoms with Gasteiger partial charge in [0.25, 0.3) is 0 Å². The molecule has 1 N–H and O–H groups in total. The Bertz CT molecular complexity index is 289. The van der Waals surface area contributed by atoms with Gasteiger partial charge in [-0.25, -0.2) is 0 Å². The Labute approximate surface area is 91.1 Å². The van der Waals surface area contributed by atoms with Crippen molar-refractivity contribution in [2.45, 2.75) is 39.2 Å². The quantitative estimate of drug-likeness (QED) is 0.783. The van der Waals surface area contributed by atoms with Gasteiger partial charge in [0.1, 0.15) is 5.75 Å². The molecule has 1 unspecified atom stereocenters. The molecule has 0 aliphatic heterocycles. The van der Waals surface area contributed by atoms with E-state index in [2.05, 4.69) is 11.9 Å². The molecule has 1 atom stereocenters.